The minimum Gasteiger partial charge on any atom is -0.337 e. The van der Waals surface area contributed by atoms with E-state index < -0.39 is 0 Å². The second kappa shape index (κ2) is 10.1. The van der Waals surface area contributed by atoms with Crippen LogP contribution in [0.4, 0.5) is 5.69 Å². The fourth-order valence-electron chi connectivity index (χ4n) is 4.64. The van der Waals surface area contributed by atoms with Crippen molar-refractivity contribution in [2.75, 3.05) is 51.6 Å². The third kappa shape index (κ3) is 5.48. The zero-order valence-corrected chi connectivity index (χ0v) is 20.1. The van der Waals surface area contributed by atoms with Gasteiger partial charge in [0.25, 0.3) is 5.91 Å². The van der Waals surface area contributed by atoms with Crippen molar-refractivity contribution in [3.8, 4) is 0 Å². The van der Waals surface area contributed by atoms with Crippen LogP contribution in [0.15, 0.2) is 35.8 Å². The first-order valence-corrected chi connectivity index (χ1v) is 11.9. The highest BCUT2D eigenvalue weighted by molar-refractivity contribution is 6.05. The van der Waals surface area contributed by atoms with Crippen molar-refractivity contribution < 1.29 is 9.59 Å². The zero-order chi connectivity index (χ0) is 23.5. The lowest BCUT2D eigenvalue weighted by Crippen LogP contribution is -2.59. The first-order chi connectivity index (χ1) is 15.8. The van der Waals surface area contributed by atoms with Crippen LogP contribution in [0.25, 0.3) is 0 Å². The fourth-order valence-corrected chi connectivity index (χ4v) is 4.64. The summed E-state index contributed by atoms with van der Waals surface area (Å²) in [4.78, 5) is 32.7. The lowest BCUT2D eigenvalue weighted by atomic mass is 9.99. The van der Waals surface area contributed by atoms with Gasteiger partial charge >= 0.3 is 0 Å². The standard InChI is InChI=1S/C24H37N7O2/c1-16(2)18-9-10-31-21(23(33)25-19-8-6-5-7-17(19)3)22(28-24(31)26-18)27-20(32)15-30-13-11-29(4)12-14-30/h5-8,16,18,24,26,28H,9-15H2,1-4H3,(H,25,33)(H,27,32). The number of amides is 2. The number of hydrogen-bond acceptors (Lipinski definition) is 7. The van der Waals surface area contributed by atoms with Gasteiger partial charge in [-0.2, -0.15) is 0 Å². The number of benzene rings is 1. The molecule has 4 N–H and O–H groups in total. The molecule has 2 saturated heterocycles. The third-order valence-electron chi connectivity index (χ3n) is 6.81. The Balaban J connectivity index is 1.51. The minimum absolute atomic E-state index is 0.108. The van der Waals surface area contributed by atoms with Crippen LogP contribution in [0.1, 0.15) is 25.8 Å². The molecule has 9 heteroatoms. The second-order valence-corrected chi connectivity index (χ2v) is 9.67. The van der Waals surface area contributed by atoms with Crippen LogP contribution < -0.4 is 21.3 Å². The Labute approximate surface area is 196 Å². The minimum atomic E-state index is -0.223. The van der Waals surface area contributed by atoms with E-state index in [2.05, 4.69) is 52.0 Å². The smallest absolute Gasteiger partial charge is 0.275 e. The molecule has 0 aromatic heterocycles. The normalized spacial score (nSPS) is 24.0. The van der Waals surface area contributed by atoms with Crippen LogP contribution in [-0.4, -0.2) is 85.2 Å². The van der Waals surface area contributed by atoms with Crippen molar-refractivity contribution in [3.63, 3.8) is 0 Å². The first-order valence-electron chi connectivity index (χ1n) is 11.9. The van der Waals surface area contributed by atoms with Crippen molar-refractivity contribution in [2.45, 2.75) is 39.5 Å². The Kier molecular flexibility index (Phi) is 7.21. The summed E-state index contributed by atoms with van der Waals surface area (Å²) in [5, 5.41) is 13.0. The fraction of sp³-hybridized carbons (Fsp3) is 0.583. The van der Waals surface area contributed by atoms with E-state index in [1.54, 1.807) is 0 Å². The molecular formula is C24H37N7O2. The molecule has 1 aromatic carbocycles. The van der Waals surface area contributed by atoms with Crippen molar-refractivity contribution in [1.29, 1.82) is 0 Å². The molecule has 2 unspecified atom stereocenters. The number of anilines is 1. The highest BCUT2D eigenvalue weighted by Crippen LogP contribution is 2.26. The Morgan fingerprint density at radius 2 is 1.82 bits per heavy atom. The van der Waals surface area contributed by atoms with E-state index in [0.29, 0.717) is 30.0 Å². The van der Waals surface area contributed by atoms with E-state index in [1.165, 1.54) is 0 Å². The van der Waals surface area contributed by atoms with Gasteiger partial charge in [-0.3, -0.25) is 19.8 Å². The Hall–Kier alpha value is -2.62. The van der Waals surface area contributed by atoms with Crippen LogP contribution in [-0.2, 0) is 9.59 Å². The van der Waals surface area contributed by atoms with E-state index in [4.69, 9.17) is 0 Å². The van der Waals surface area contributed by atoms with Gasteiger partial charge in [0, 0.05) is 44.5 Å². The number of aryl methyl sites for hydroxylation is 1. The van der Waals surface area contributed by atoms with Gasteiger partial charge in [-0.15, -0.1) is 0 Å². The molecule has 0 spiro atoms. The summed E-state index contributed by atoms with van der Waals surface area (Å²) in [5.41, 5.74) is 2.24. The molecule has 3 aliphatic rings. The van der Waals surface area contributed by atoms with Crippen LogP contribution in [0.2, 0.25) is 0 Å². The zero-order valence-electron chi connectivity index (χ0n) is 20.1. The van der Waals surface area contributed by atoms with Crippen molar-refractivity contribution in [3.05, 3.63) is 41.3 Å². The molecule has 3 aliphatic heterocycles. The summed E-state index contributed by atoms with van der Waals surface area (Å²) in [7, 11) is 2.09. The van der Waals surface area contributed by atoms with Crippen molar-refractivity contribution in [2.24, 2.45) is 5.92 Å². The SMILES string of the molecule is Cc1ccccc1NC(=O)C1=C(NC(=O)CN2CCN(C)CC2)NC2NC(C(C)C)CCN12. The summed E-state index contributed by atoms with van der Waals surface area (Å²) >= 11 is 0. The Bertz CT molecular complexity index is 908. The van der Waals surface area contributed by atoms with E-state index in [0.717, 1.165) is 50.4 Å². The number of likely N-dealkylation sites (N-methyl/N-ethyl adjacent to an activating group) is 1. The number of nitrogens with zero attached hydrogens (tertiary/aromatic N) is 3. The van der Waals surface area contributed by atoms with Crippen molar-refractivity contribution >= 4 is 17.5 Å². The molecule has 4 rings (SSSR count). The number of carbonyl (C=O) groups is 2. The van der Waals surface area contributed by atoms with Crippen LogP contribution in [0.5, 0.6) is 0 Å². The first kappa shape index (κ1) is 23.5. The van der Waals surface area contributed by atoms with Gasteiger partial charge in [0.2, 0.25) is 5.91 Å². The summed E-state index contributed by atoms with van der Waals surface area (Å²) in [5.74, 6) is 0.624. The average Bonchev–Trinajstić information content (AvgIpc) is 3.13. The molecular weight excluding hydrogens is 418 g/mol. The molecule has 0 aliphatic carbocycles. The molecule has 1 aromatic rings. The molecule has 0 saturated carbocycles. The topological polar surface area (TPSA) is 92.0 Å². The molecule has 180 valence electrons. The van der Waals surface area contributed by atoms with Gasteiger partial charge in [-0.05, 0) is 37.9 Å². The Morgan fingerprint density at radius 1 is 1.09 bits per heavy atom. The van der Waals surface area contributed by atoms with Gasteiger partial charge in [0.05, 0.1) is 6.54 Å². The van der Waals surface area contributed by atoms with Gasteiger partial charge in [0.1, 0.15) is 11.5 Å². The number of carbonyl (C=O) groups excluding carboxylic acids is 2. The second-order valence-electron chi connectivity index (χ2n) is 9.67. The largest absolute Gasteiger partial charge is 0.337 e. The van der Waals surface area contributed by atoms with E-state index >= 15 is 0 Å². The predicted molar refractivity (Wildman–Crippen MR) is 129 cm³/mol. The van der Waals surface area contributed by atoms with Crippen LogP contribution >= 0.6 is 0 Å². The van der Waals surface area contributed by atoms with Gasteiger partial charge in [-0.1, -0.05) is 32.0 Å². The number of piperazine rings is 1. The van der Waals surface area contributed by atoms with E-state index in [-0.39, 0.29) is 18.1 Å². The maximum absolute atomic E-state index is 13.4. The quantitative estimate of drug-likeness (QED) is 0.501. The average molecular weight is 456 g/mol. The lowest BCUT2D eigenvalue weighted by Gasteiger charge is -2.39. The summed E-state index contributed by atoms with van der Waals surface area (Å²) in [6.07, 6.45) is 0.710. The van der Waals surface area contributed by atoms with Gasteiger partial charge < -0.3 is 25.8 Å². The summed E-state index contributed by atoms with van der Waals surface area (Å²) in [6, 6.07) is 8.06. The number of para-hydroxylation sites is 1. The monoisotopic (exact) mass is 455 g/mol. The number of fused-ring (bicyclic) bond motifs is 1. The molecule has 2 atom stereocenters. The predicted octanol–water partition coefficient (Wildman–Crippen LogP) is 0.673. The maximum Gasteiger partial charge on any atom is 0.275 e. The Morgan fingerprint density at radius 3 is 2.52 bits per heavy atom. The highest BCUT2D eigenvalue weighted by atomic mass is 16.2. The molecule has 0 radical (unpaired) electrons. The lowest BCUT2D eigenvalue weighted by molar-refractivity contribution is -0.122. The molecule has 33 heavy (non-hydrogen) atoms. The number of rotatable bonds is 6. The van der Waals surface area contributed by atoms with Crippen LogP contribution in [0, 0.1) is 12.8 Å². The maximum atomic E-state index is 13.4. The molecule has 3 heterocycles. The van der Waals surface area contributed by atoms with E-state index in [1.807, 2.05) is 36.1 Å². The molecule has 2 amide bonds. The van der Waals surface area contributed by atoms with Gasteiger partial charge in [-0.25, -0.2) is 0 Å². The molecule has 0 bridgehead atoms. The highest BCUT2D eigenvalue weighted by Gasteiger charge is 2.40. The summed E-state index contributed by atoms with van der Waals surface area (Å²) in [6.45, 7) is 11.0. The number of nitrogens with one attached hydrogen (secondary N) is 4. The summed E-state index contributed by atoms with van der Waals surface area (Å²) < 4.78 is 0. The van der Waals surface area contributed by atoms with E-state index in [9.17, 15) is 9.59 Å². The number of hydrogen-bond donors (Lipinski definition) is 4. The van der Waals surface area contributed by atoms with Crippen molar-refractivity contribution in [1.82, 2.24) is 30.7 Å². The third-order valence-corrected chi connectivity index (χ3v) is 6.81. The molecule has 9 nitrogen and oxygen atoms in total. The van der Waals surface area contributed by atoms with Crippen LogP contribution in [0.3, 0.4) is 0 Å². The molecule has 2 fully saturated rings. The van der Waals surface area contributed by atoms with Gasteiger partial charge in [0.15, 0.2) is 6.29 Å².